The largest absolute Gasteiger partial charge is 0.419 e. The Morgan fingerprint density at radius 1 is 1.42 bits per heavy atom. The molecule has 2 saturated heterocycles. The summed E-state index contributed by atoms with van der Waals surface area (Å²) in [6, 6.07) is -0.249. The summed E-state index contributed by atoms with van der Waals surface area (Å²) in [5.41, 5.74) is 0.133. The van der Waals surface area contributed by atoms with Gasteiger partial charge in [-0.05, 0) is 41.4 Å². The number of hydrogen-bond acceptors (Lipinski definition) is 7. The van der Waals surface area contributed by atoms with Crippen molar-refractivity contribution in [2.24, 2.45) is 0 Å². The van der Waals surface area contributed by atoms with Gasteiger partial charge in [-0.25, -0.2) is 24.1 Å². The van der Waals surface area contributed by atoms with Gasteiger partial charge in [0.1, 0.15) is 15.9 Å². The number of carbonyl (C=O) groups excluding carboxylic acids is 1. The fourth-order valence-electron chi connectivity index (χ4n) is 4.43. The van der Waals surface area contributed by atoms with E-state index in [4.69, 9.17) is 19.7 Å². The van der Waals surface area contributed by atoms with Crippen molar-refractivity contribution in [3.63, 3.8) is 0 Å². The van der Waals surface area contributed by atoms with Gasteiger partial charge >= 0.3 is 6.09 Å². The lowest BCUT2D eigenvalue weighted by molar-refractivity contribution is 0.125. The second-order valence-electron chi connectivity index (χ2n) is 7.21. The molecule has 166 valence electrons. The Labute approximate surface area is 211 Å². The van der Waals surface area contributed by atoms with E-state index in [1.807, 2.05) is 30.9 Å². The summed E-state index contributed by atoms with van der Waals surface area (Å²) in [5.74, 6) is 0.656. The van der Waals surface area contributed by atoms with Crippen LogP contribution in [-0.2, 0) is 3.07 Å². The fraction of sp³-hybridized carbons (Fsp3) is 0.474. The predicted molar refractivity (Wildman–Crippen MR) is 131 cm³/mol. The molecular formula is C19H19BrClFIN5O2S. The van der Waals surface area contributed by atoms with Crippen LogP contribution in [0.2, 0.25) is 5.15 Å². The Kier molecular flexibility index (Phi) is 7.14. The standard InChI is InChI=1S/C19H19BrClFIN5O2S/c1-3-5-10-11-7-6-9(28(11)19(29)30-23)8-27(10)17-12-14(24-18(26-17)31-4-2)13(22)16(21)25-15(12)20/h3,5,9-11H,4,6-8H2,1-2H3/b5-3-/t9-,10-,11+/m1/s1. The highest BCUT2D eigenvalue weighted by atomic mass is 127. The molecule has 0 aliphatic carbocycles. The second kappa shape index (κ2) is 9.52. The molecule has 4 heterocycles. The molecule has 2 aliphatic heterocycles. The minimum Gasteiger partial charge on any atom is -0.378 e. The van der Waals surface area contributed by atoms with Gasteiger partial charge in [0, 0.05) is 6.54 Å². The maximum atomic E-state index is 15.0. The molecule has 7 nitrogen and oxygen atoms in total. The molecule has 0 saturated carbocycles. The molecule has 2 aromatic heterocycles. The highest BCUT2D eigenvalue weighted by molar-refractivity contribution is 14.1. The van der Waals surface area contributed by atoms with E-state index in [0.29, 0.717) is 27.5 Å². The molecule has 2 fully saturated rings. The van der Waals surface area contributed by atoms with Gasteiger partial charge in [0.25, 0.3) is 0 Å². The van der Waals surface area contributed by atoms with E-state index in [2.05, 4.69) is 30.8 Å². The van der Waals surface area contributed by atoms with E-state index in [1.165, 1.54) is 11.8 Å². The molecule has 0 unspecified atom stereocenters. The third kappa shape index (κ3) is 4.10. The number of carbonyl (C=O) groups is 1. The Morgan fingerprint density at radius 2 is 2.19 bits per heavy atom. The van der Waals surface area contributed by atoms with Crippen molar-refractivity contribution in [1.29, 1.82) is 0 Å². The first-order valence-electron chi connectivity index (χ1n) is 9.76. The van der Waals surface area contributed by atoms with Crippen LogP contribution in [-0.4, -0.2) is 56.4 Å². The van der Waals surface area contributed by atoms with E-state index in [1.54, 1.807) is 23.0 Å². The first-order chi connectivity index (χ1) is 14.9. The van der Waals surface area contributed by atoms with Gasteiger partial charge in [0.05, 0.1) is 23.5 Å². The SMILES string of the molecule is C/C=C\[C@@H]1[C@@H]2CC[C@H](CN1c1nc(SCC)nc3c(F)c(Cl)nc(Br)c13)N2C(=O)OI. The number of piperazine rings is 1. The van der Waals surface area contributed by atoms with Gasteiger partial charge in [-0.1, -0.05) is 42.4 Å². The number of fused-ring (bicyclic) bond motifs is 3. The van der Waals surface area contributed by atoms with E-state index in [9.17, 15) is 9.18 Å². The zero-order valence-electron chi connectivity index (χ0n) is 16.7. The van der Waals surface area contributed by atoms with Crippen LogP contribution in [0.3, 0.4) is 0 Å². The minimum absolute atomic E-state index is 0.0232. The summed E-state index contributed by atoms with van der Waals surface area (Å²) in [7, 11) is 0. The van der Waals surface area contributed by atoms with E-state index >= 15 is 0 Å². The summed E-state index contributed by atoms with van der Waals surface area (Å²) >= 11 is 12.5. The zero-order chi connectivity index (χ0) is 22.3. The van der Waals surface area contributed by atoms with Crippen LogP contribution < -0.4 is 4.90 Å². The van der Waals surface area contributed by atoms with Crippen molar-refractivity contribution in [3.05, 3.63) is 27.7 Å². The van der Waals surface area contributed by atoms with Crippen molar-refractivity contribution < 1.29 is 12.3 Å². The average molecular weight is 643 g/mol. The summed E-state index contributed by atoms with van der Waals surface area (Å²) in [6.45, 7) is 4.46. The van der Waals surface area contributed by atoms with Crippen LogP contribution in [0, 0.1) is 5.82 Å². The number of thioether (sulfide) groups is 1. The van der Waals surface area contributed by atoms with Crippen LogP contribution in [0.1, 0.15) is 26.7 Å². The maximum absolute atomic E-state index is 15.0. The molecule has 2 bridgehead atoms. The lowest BCUT2D eigenvalue weighted by Gasteiger charge is -2.45. The first kappa shape index (κ1) is 23.2. The number of rotatable bonds is 4. The summed E-state index contributed by atoms with van der Waals surface area (Å²) in [5, 5.41) is 0.705. The normalized spacial score (nSPS) is 23.2. The number of halogens is 4. The number of nitrogens with zero attached hydrogens (tertiary/aromatic N) is 5. The Balaban J connectivity index is 1.91. The lowest BCUT2D eigenvalue weighted by atomic mass is 10.0. The predicted octanol–water partition coefficient (Wildman–Crippen LogP) is 5.78. The quantitative estimate of drug-likeness (QED) is 0.138. The van der Waals surface area contributed by atoms with Crippen LogP contribution in [0.25, 0.3) is 10.9 Å². The van der Waals surface area contributed by atoms with E-state index in [-0.39, 0.29) is 34.9 Å². The number of aromatic nitrogens is 3. The third-order valence-electron chi connectivity index (χ3n) is 5.58. The van der Waals surface area contributed by atoms with Gasteiger partial charge in [-0.15, -0.1) is 0 Å². The van der Waals surface area contributed by atoms with Crippen molar-refractivity contribution >= 4 is 85.1 Å². The van der Waals surface area contributed by atoms with Gasteiger partial charge in [-0.2, -0.15) is 0 Å². The molecule has 12 heteroatoms. The lowest BCUT2D eigenvalue weighted by Crippen LogP contribution is -2.60. The zero-order valence-corrected chi connectivity index (χ0v) is 22.0. The monoisotopic (exact) mass is 641 g/mol. The van der Waals surface area contributed by atoms with E-state index < -0.39 is 5.82 Å². The topological polar surface area (TPSA) is 71.5 Å². The molecule has 31 heavy (non-hydrogen) atoms. The summed E-state index contributed by atoms with van der Waals surface area (Å²) < 4.78 is 20.4. The van der Waals surface area contributed by atoms with Gasteiger partial charge in [-0.3, -0.25) is 4.90 Å². The molecule has 2 aromatic rings. The molecule has 3 atom stereocenters. The highest BCUT2D eigenvalue weighted by Crippen LogP contribution is 2.42. The van der Waals surface area contributed by atoms with Crippen molar-refractivity contribution in [2.45, 2.75) is 50.0 Å². The fourth-order valence-corrected chi connectivity index (χ4v) is 6.04. The molecule has 1 amide bonds. The summed E-state index contributed by atoms with van der Waals surface area (Å²) in [4.78, 5) is 29.7. The van der Waals surface area contributed by atoms with Crippen molar-refractivity contribution in [1.82, 2.24) is 19.9 Å². The van der Waals surface area contributed by atoms with Crippen LogP contribution >= 0.6 is 62.3 Å². The molecule has 4 rings (SSSR count). The van der Waals surface area contributed by atoms with Gasteiger partial charge in [0.15, 0.2) is 39.1 Å². The Morgan fingerprint density at radius 3 is 2.87 bits per heavy atom. The molecule has 0 aromatic carbocycles. The Bertz CT molecular complexity index is 1060. The molecule has 0 spiro atoms. The van der Waals surface area contributed by atoms with E-state index in [0.717, 1.165) is 18.6 Å². The van der Waals surface area contributed by atoms with Crippen molar-refractivity contribution in [3.8, 4) is 0 Å². The Hall–Kier alpha value is -0.920. The van der Waals surface area contributed by atoms with Crippen LogP contribution in [0.15, 0.2) is 21.9 Å². The molecular weight excluding hydrogens is 624 g/mol. The average Bonchev–Trinajstić information content (AvgIpc) is 3.08. The van der Waals surface area contributed by atoms with Gasteiger partial charge in [0.2, 0.25) is 0 Å². The maximum Gasteiger partial charge on any atom is 0.419 e. The minimum atomic E-state index is -0.667. The molecule has 0 radical (unpaired) electrons. The number of pyridine rings is 1. The number of hydrogen-bond donors (Lipinski definition) is 0. The molecule has 2 aliphatic rings. The third-order valence-corrected chi connectivity index (χ3v) is 7.51. The van der Waals surface area contributed by atoms with Crippen LogP contribution in [0.5, 0.6) is 0 Å². The number of anilines is 1. The molecule has 0 N–H and O–H groups in total. The first-order valence-corrected chi connectivity index (χ1v) is 12.8. The summed E-state index contributed by atoms with van der Waals surface area (Å²) in [6.07, 6.45) is 5.38. The smallest absolute Gasteiger partial charge is 0.378 e. The number of allylic oxidation sites excluding steroid dienone is 1. The number of amides is 1. The van der Waals surface area contributed by atoms with Crippen LogP contribution in [0.4, 0.5) is 15.0 Å². The highest BCUT2D eigenvalue weighted by Gasteiger charge is 2.49. The second-order valence-corrected chi connectivity index (χ2v) is 9.99. The van der Waals surface area contributed by atoms with Gasteiger partial charge < -0.3 is 7.97 Å². The van der Waals surface area contributed by atoms with Crippen molar-refractivity contribution in [2.75, 3.05) is 17.2 Å².